The number of pyridine rings is 1. The van der Waals surface area contributed by atoms with Crippen LogP contribution in [0.2, 0.25) is 0 Å². The molecule has 23 heavy (non-hydrogen) atoms. The Hall–Kier alpha value is -2.21. The number of nitrogens with one attached hydrogen (secondary N) is 2. The monoisotopic (exact) mass is 314 g/mol. The summed E-state index contributed by atoms with van der Waals surface area (Å²) in [5.74, 6) is 0.0969. The number of aromatic amines is 1. The lowest BCUT2D eigenvalue weighted by Crippen LogP contribution is -2.57. The predicted molar refractivity (Wildman–Crippen MR) is 84.4 cm³/mol. The lowest BCUT2D eigenvalue weighted by Gasteiger charge is -2.44. The van der Waals surface area contributed by atoms with E-state index in [1.54, 1.807) is 12.1 Å². The van der Waals surface area contributed by atoms with Crippen LogP contribution in [0.15, 0.2) is 30.6 Å². The number of rotatable bonds is 3. The first kappa shape index (κ1) is 14.4. The van der Waals surface area contributed by atoms with E-state index in [0.717, 1.165) is 32.5 Å². The number of piperidine rings is 3. The van der Waals surface area contributed by atoms with Gasteiger partial charge in [0.15, 0.2) is 0 Å². The van der Waals surface area contributed by atoms with Gasteiger partial charge < -0.3 is 15.2 Å². The van der Waals surface area contributed by atoms with E-state index in [2.05, 4.69) is 20.2 Å². The molecule has 1 atom stereocenters. The molecule has 3 saturated heterocycles. The van der Waals surface area contributed by atoms with Crippen molar-refractivity contribution in [3.8, 4) is 11.3 Å². The van der Waals surface area contributed by atoms with Crippen LogP contribution < -0.4 is 5.32 Å². The molecular weight excluding hydrogens is 295 g/mol. The number of carbonyl (C=O) groups excluding carboxylic acids is 1. The van der Waals surface area contributed by atoms with E-state index in [0.29, 0.717) is 22.9 Å². The Kier molecular flexibility index (Phi) is 3.61. The Morgan fingerprint density at radius 1 is 1.30 bits per heavy atom. The second-order valence-electron chi connectivity index (χ2n) is 6.36. The lowest BCUT2D eigenvalue weighted by atomic mass is 9.84. The molecule has 2 N–H and O–H groups in total. The van der Waals surface area contributed by atoms with Crippen molar-refractivity contribution in [2.45, 2.75) is 18.9 Å². The Bertz CT molecular complexity index is 721. The van der Waals surface area contributed by atoms with Gasteiger partial charge in [-0.15, -0.1) is 0 Å². The second-order valence-corrected chi connectivity index (χ2v) is 6.36. The average molecular weight is 314 g/mol. The Morgan fingerprint density at radius 3 is 2.83 bits per heavy atom. The molecule has 0 aliphatic carbocycles. The lowest BCUT2D eigenvalue weighted by molar-refractivity contribution is 0.0618. The van der Waals surface area contributed by atoms with E-state index in [4.69, 9.17) is 0 Å². The van der Waals surface area contributed by atoms with Gasteiger partial charge in [-0.3, -0.25) is 9.78 Å². The number of hydrogen-bond acceptors (Lipinski definition) is 3. The maximum Gasteiger partial charge on any atom is 0.267 e. The summed E-state index contributed by atoms with van der Waals surface area (Å²) in [6, 6.07) is 4.93. The number of fused-ring (bicyclic) bond motifs is 3. The highest BCUT2D eigenvalue weighted by molar-refractivity contribution is 5.93. The molecule has 5 heterocycles. The number of carbonyl (C=O) groups is 1. The zero-order valence-corrected chi connectivity index (χ0v) is 12.8. The normalized spacial score (nSPS) is 26.2. The van der Waals surface area contributed by atoms with Gasteiger partial charge in [-0.2, -0.15) is 0 Å². The van der Waals surface area contributed by atoms with Crippen LogP contribution in [-0.4, -0.2) is 46.5 Å². The molecule has 3 aliphatic heterocycles. The summed E-state index contributed by atoms with van der Waals surface area (Å²) in [5, 5.41) is 3.12. The minimum atomic E-state index is -0.355. The zero-order chi connectivity index (χ0) is 15.8. The summed E-state index contributed by atoms with van der Waals surface area (Å²) < 4.78 is 13.8. The van der Waals surface area contributed by atoms with Crippen molar-refractivity contribution < 1.29 is 9.18 Å². The summed E-state index contributed by atoms with van der Waals surface area (Å²) in [6.45, 7) is 3.22. The van der Waals surface area contributed by atoms with Gasteiger partial charge in [-0.25, -0.2) is 4.39 Å². The van der Waals surface area contributed by atoms with Gasteiger partial charge >= 0.3 is 0 Å². The van der Waals surface area contributed by atoms with Gasteiger partial charge in [0, 0.05) is 25.0 Å². The van der Waals surface area contributed by atoms with E-state index in [1.165, 1.54) is 18.5 Å². The average Bonchev–Trinajstić information content (AvgIpc) is 3.06. The molecular formula is C17H19FN4O. The number of amides is 1. The molecule has 120 valence electrons. The van der Waals surface area contributed by atoms with Crippen LogP contribution in [-0.2, 0) is 0 Å². The first-order valence-electron chi connectivity index (χ1n) is 8.03. The highest BCUT2D eigenvalue weighted by Crippen LogP contribution is 2.28. The molecule has 0 aromatic carbocycles. The molecule has 0 unspecified atom stereocenters. The Morgan fingerprint density at radius 2 is 2.13 bits per heavy atom. The predicted octanol–water partition coefficient (Wildman–Crippen LogP) is 2.04. The van der Waals surface area contributed by atoms with E-state index in [-0.39, 0.29) is 17.8 Å². The van der Waals surface area contributed by atoms with Crippen molar-refractivity contribution in [1.82, 2.24) is 20.2 Å². The highest BCUT2D eigenvalue weighted by atomic mass is 19.1. The number of H-pyrrole nitrogens is 1. The molecule has 5 nitrogen and oxygen atoms in total. The van der Waals surface area contributed by atoms with Crippen molar-refractivity contribution >= 4 is 5.91 Å². The van der Waals surface area contributed by atoms with E-state index < -0.39 is 0 Å². The maximum absolute atomic E-state index is 13.8. The van der Waals surface area contributed by atoms with E-state index >= 15 is 0 Å². The minimum Gasteiger partial charge on any atom is -0.350 e. The van der Waals surface area contributed by atoms with Gasteiger partial charge in [0.05, 0.1) is 11.3 Å². The summed E-state index contributed by atoms with van der Waals surface area (Å²) in [4.78, 5) is 21.8. The molecule has 2 bridgehead atoms. The van der Waals surface area contributed by atoms with Crippen molar-refractivity contribution in [1.29, 1.82) is 0 Å². The smallest absolute Gasteiger partial charge is 0.267 e. The minimum absolute atomic E-state index is 0.126. The molecule has 0 spiro atoms. The number of aromatic nitrogens is 2. The van der Waals surface area contributed by atoms with Gasteiger partial charge in [0.25, 0.3) is 5.91 Å². The molecule has 0 radical (unpaired) electrons. The van der Waals surface area contributed by atoms with Gasteiger partial charge in [-0.1, -0.05) is 0 Å². The largest absolute Gasteiger partial charge is 0.350 e. The Labute approximate surface area is 133 Å². The van der Waals surface area contributed by atoms with Crippen molar-refractivity contribution in [3.63, 3.8) is 0 Å². The number of nitrogens with zero attached hydrogens (tertiary/aromatic N) is 2. The Balaban J connectivity index is 1.48. The summed E-state index contributed by atoms with van der Waals surface area (Å²) >= 11 is 0. The first-order valence-corrected chi connectivity index (χ1v) is 8.03. The fraction of sp³-hybridized carbons (Fsp3) is 0.412. The van der Waals surface area contributed by atoms with Crippen LogP contribution in [0.5, 0.6) is 0 Å². The molecule has 6 heteroatoms. The van der Waals surface area contributed by atoms with Crippen LogP contribution >= 0.6 is 0 Å². The van der Waals surface area contributed by atoms with E-state index in [1.807, 2.05) is 0 Å². The summed E-state index contributed by atoms with van der Waals surface area (Å²) in [5.41, 5.74) is 1.39. The van der Waals surface area contributed by atoms with Gasteiger partial charge in [-0.05, 0) is 50.0 Å². The molecule has 3 aliphatic rings. The van der Waals surface area contributed by atoms with Crippen molar-refractivity contribution in [3.05, 3.63) is 42.1 Å². The summed E-state index contributed by atoms with van der Waals surface area (Å²) in [6.07, 6.45) is 5.17. The maximum atomic E-state index is 13.8. The fourth-order valence-corrected chi connectivity index (χ4v) is 3.64. The van der Waals surface area contributed by atoms with Crippen molar-refractivity contribution in [2.24, 2.45) is 5.92 Å². The second kappa shape index (κ2) is 5.77. The third-order valence-corrected chi connectivity index (χ3v) is 4.96. The molecule has 0 saturated carbocycles. The molecule has 2 aromatic heterocycles. The highest BCUT2D eigenvalue weighted by Gasteiger charge is 2.35. The van der Waals surface area contributed by atoms with E-state index in [9.17, 15) is 9.18 Å². The topological polar surface area (TPSA) is 61.0 Å². The third-order valence-electron chi connectivity index (χ3n) is 4.96. The third kappa shape index (κ3) is 2.74. The zero-order valence-electron chi connectivity index (χ0n) is 12.8. The van der Waals surface area contributed by atoms with Crippen LogP contribution in [0.4, 0.5) is 4.39 Å². The number of halogens is 1. The van der Waals surface area contributed by atoms with Crippen LogP contribution in [0.3, 0.4) is 0 Å². The fourth-order valence-electron chi connectivity index (χ4n) is 3.64. The molecule has 3 fully saturated rings. The van der Waals surface area contributed by atoms with Crippen molar-refractivity contribution in [2.75, 3.05) is 19.6 Å². The molecule has 5 rings (SSSR count). The van der Waals surface area contributed by atoms with Gasteiger partial charge in [0.2, 0.25) is 0 Å². The molecule has 2 aromatic rings. The van der Waals surface area contributed by atoms with Gasteiger partial charge in [0.1, 0.15) is 11.5 Å². The SMILES string of the molecule is O=C(N[C@H]1CN2CCC1CC2)c1ccc(-c2cnccc2F)[nH]1. The standard InChI is InChI=1S/C17H19FN4O/c18-13-3-6-19-9-12(13)14-1-2-15(20-14)17(23)21-16-10-22-7-4-11(16)5-8-22/h1-3,6,9,11,16,20H,4-5,7-8,10H2,(H,21,23)/t16-/m0/s1. The van der Waals surface area contributed by atoms with Crippen LogP contribution in [0, 0.1) is 11.7 Å². The summed E-state index contributed by atoms with van der Waals surface area (Å²) in [7, 11) is 0. The number of hydrogen-bond donors (Lipinski definition) is 2. The van der Waals surface area contributed by atoms with Crippen LogP contribution in [0.25, 0.3) is 11.3 Å². The first-order chi connectivity index (χ1) is 11.2. The molecule has 1 amide bonds. The van der Waals surface area contributed by atoms with Crippen LogP contribution in [0.1, 0.15) is 23.3 Å². The quantitative estimate of drug-likeness (QED) is 0.911.